The van der Waals surface area contributed by atoms with Crippen molar-refractivity contribution in [3.05, 3.63) is 53.4 Å². The van der Waals surface area contributed by atoms with Crippen molar-refractivity contribution in [2.24, 2.45) is 0 Å². The van der Waals surface area contributed by atoms with Crippen LogP contribution in [-0.4, -0.2) is 38.3 Å². The zero-order valence-electron chi connectivity index (χ0n) is 15.8. The van der Waals surface area contributed by atoms with Crippen LogP contribution in [0.3, 0.4) is 0 Å². The fourth-order valence-corrected chi connectivity index (χ4v) is 3.08. The Morgan fingerprint density at radius 3 is 2.14 bits per heavy atom. The molecule has 0 aromatic heterocycles. The summed E-state index contributed by atoms with van der Waals surface area (Å²) < 4.78 is 29.1. The standard InChI is InChI=1S/C20H17FN2O5S/c1-26-15-10-17(28-3)16(27-2)9-11(15)8-14-18(24)22-20(29)23(19(14)25)13-6-4-12(21)5-7-13/h4-10H,1-3H3,(H,22,24,29)/b14-8-. The molecular formula is C20H17FN2O5S. The number of thiocarbonyl (C=S) groups is 1. The molecule has 29 heavy (non-hydrogen) atoms. The van der Waals surface area contributed by atoms with Crippen LogP contribution in [0.1, 0.15) is 5.56 Å². The summed E-state index contributed by atoms with van der Waals surface area (Å²) in [7, 11) is 4.40. The second-order valence-electron chi connectivity index (χ2n) is 5.88. The molecule has 2 amide bonds. The lowest BCUT2D eigenvalue weighted by atomic mass is 10.1. The normalized spacial score (nSPS) is 15.4. The van der Waals surface area contributed by atoms with E-state index in [1.165, 1.54) is 51.7 Å². The van der Waals surface area contributed by atoms with E-state index in [1.54, 1.807) is 12.1 Å². The van der Waals surface area contributed by atoms with Crippen LogP contribution < -0.4 is 24.4 Å². The third-order valence-corrected chi connectivity index (χ3v) is 4.51. The number of hydrogen-bond acceptors (Lipinski definition) is 6. The van der Waals surface area contributed by atoms with Gasteiger partial charge in [0.25, 0.3) is 11.8 Å². The molecule has 1 fully saturated rings. The Balaban J connectivity index is 2.08. The van der Waals surface area contributed by atoms with Gasteiger partial charge < -0.3 is 14.2 Å². The van der Waals surface area contributed by atoms with Gasteiger partial charge in [-0.3, -0.25) is 19.8 Å². The zero-order chi connectivity index (χ0) is 21.1. The predicted molar refractivity (Wildman–Crippen MR) is 109 cm³/mol. The smallest absolute Gasteiger partial charge is 0.270 e. The van der Waals surface area contributed by atoms with Gasteiger partial charge in [0.2, 0.25) is 0 Å². The molecule has 0 bridgehead atoms. The predicted octanol–water partition coefficient (Wildman–Crippen LogP) is 2.68. The first-order chi connectivity index (χ1) is 13.9. The van der Waals surface area contributed by atoms with E-state index in [1.807, 2.05) is 0 Å². The van der Waals surface area contributed by atoms with Crippen LogP contribution in [0.2, 0.25) is 0 Å². The summed E-state index contributed by atoms with van der Waals surface area (Å²) in [5, 5.41) is 2.38. The number of halogens is 1. The minimum atomic E-state index is -0.657. The first-order valence-electron chi connectivity index (χ1n) is 8.36. The second kappa shape index (κ2) is 8.27. The van der Waals surface area contributed by atoms with Gasteiger partial charge in [0.1, 0.15) is 17.1 Å². The number of rotatable bonds is 5. The molecule has 1 heterocycles. The van der Waals surface area contributed by atoms with E-state index < -0.39 is 17.6 Å². The minimum absolute atomic E-state index is 0.0944. The third kappa shape index (κ3) is 3.90. The first-order valence-corrected chi connectivity index (χ1v) is 8.77. The van der Waals surface area contributed by atoms with Gasteiger partial charge in [0, 0.05) is 11.6 Å². The third-order valence-electron chi connectivity index (χ3n) is 4.22. The van der Waals surface area contributed by atoms with Crippen molar-refractivity contribution >= 4 is 40.9 Å². The van der Waals surface area contributed by atoms with Gasteiger partial charge in [-0.1, -0.05) is 0 Å². The lowest BCUT2D eigenvalue weighted by Gasteiger charge is -2.29. The lowest BCUT2D eigenvalue weighted by Crippen LogP contribution is -2.54. The number of carbonyl (C=O) groups is 2. The molecule has 0 saturated carbocycles. The maximum Gasteiger partial charge on any atom is 0.270 e. The molecule has 1 aliphatic rings. The molecule has 7 nitrogen and oxygen atoms in total. The number of nitrogens with zero attached hydrogens (tertiary/aromatic N) is 1. The van der Waals surface area contributed by atoms with Crippen LogP contribution in [-0.2, 0) is 9.59 Å². The van der Waals surface area contributed by atoms with E-state index in [2.05, 4.69) is 5.32 Å². The van der Waals surface area contributed by atoms with Gasteiger partial charge in [-0.2, -0.15) is 0 Å². The molecule has 0 radical (unpaired) electrons. The van der Waals surface area contributed by atoms with Crippen LogP contribution >= 0.6 is 12.2 Å². The molecule has 0 aliphatic carbocycles. The Labute approximate surface area is 171 Å². The van der Waals surface area contributed by atoms with Gasteiger partial charge in [0.05, 0.1) is 27.0 Å². The molecule has 2 aromatic rings. The van der Waals surface area contributed by atoms with Crippen molar-refractivity contribution in [1.29, 1.82) is 0 Å². The van der Waals surface area contributed by atoms with Crippen molar-refractivity contribution in [3.8, 4) is 17.2 Å². The molecule has 0 atom stereocenters. The van der Waals surface area contributed by atoms with Crippen LogP contribution in [0.25, 0.3) is 6.08 Å². The molecular weight excluding hydrogens is 399 g/mol. The van der Waals surface area contributed by atoms with Crippen molar-refractivity contribution in [2.75, 3.05) is 26.2 Å². The summed E-state index contributed by atoms with van der Waals surface area (Å²) in [6.45, 7) is 0. The molecule has 1 N–H and O–H groups in total. The van der Waals surface area contributed by atoms with E-state index in [4.69, 9.17) is 26.4 Å². The van der Waals surface area contributed by atoms with Crippen molar-refractivity contribution in [2.45, 2.75) is 0 Å². The molecule has 9 heteroatoms. The Morgan fingerprint density at radius 1 is 0.966 bits per heavy atom. The van der Waals surface area contributed by atoms with Crippen molar-refractivity contribution in [1.82, 2.24) is 5.32 Å². The van der Waals surface area contributed by atoms with Gasteiger partial charge in [-0.25, -0.2) is 4.39 Å². The number of anilines is 1. The van der Waals surface area contributed by atoms with Gasteiger partial charge in [-0.05, 0) is 48.6 Å². The molecule has 0 unspecified atom stereocenters. The lowest BCUT2D eigenvalue weighted by molar-refractivity contribution is -0.122. The molecule has 150 valence electrons. The summed E-state index contributed by atoms with van der Waals surface area (Å²) in [4.78, 5) is 26.6. The highest BCUT2D eigenvalue weighted by molar-refractivity contribution is 7.80. The summed E-state index contributed by atoms with van der Waals surface area (Å²) in [5.74, 6) is -0.566. The van der Waals surface area contributed by atoms with Crippen molar-refractivity contribution in [3.63, 3.8) is 0 Å². The summed E-state index contributed by atoms with van der Waals surface area (Å²) in [6.07, 6.45) is 1.37. The van der Waals surface area contributed by atoms with Gasteiger partial charge >= 0.3 is 0 Å². The van der Waals surface area contributed by atoms with E-state index in [-0.39, 0.29) is 10.7 Å². The quantitative estimate of drug-likeness (QED) is 0.459. The Hall–Kier alpha value is -3.46. The molecule has 0 spiro atoms. The molecule has 1 aliphatic heterocycles. The maximum absolute atomic E-state index is 13.2. The van der Waals surface area contributed by atoms with Gasteiger partial charge in [-0.15, -0.1) is 0 Å². The number of methoxy groups -OCH3 is 3. The average molecular weight is 416 g/mol. The van der Waals surface area contributed by atoms with Crippen LogP contribution in [0.15, 0.2) is 42.0 Å². The zero-order valence-corrected chi connectivity index (χ0v) is 16.6. The topological polar surface area (TPSA) is 77.1 Å². The summed E-state index contributed by atoms with van der Waals surface area (Å²) >= 11 is 5.13. The number of ether oxygens (including phenoxy) is 3. The molecule has 1 saturated heterocycles. The number of carbonyl (C=O) groups excluding carboxylic acids is 2. The Bertz CT molecular complexity index is 1020. The minimum Gasteiger partial charge on any atom is -0.496 e. The second-order valence-corrected chi connectivity index (χ2v) is 6.27. The highest BCUT2D eigenvalue weighted by Gasteiger charge is 2.34. The largest absolute Gasteiger partial charge is 0.496 e. The highest BCUT2D eigenvalue weighted by atomic mass is 32.1. The van der Waals surface area contributed by atoms with E-state index in [0.29, 0.717) is 28.5 Å². The highest BCUT2D eigenvalue weighted by Crippen LogP contribution is 2.36. The van der Waals surface area contributed by atoms with Crippen LogP contribution in [0.4, 0.5) is 10.1 Å². The van der Waals surface area contributed by atoms with Crippen molar-refractivity contribution < 1.29 is 28.2 Å². The van der Waals surface area contributed by atoms with Crippen LogP contribution in [0.5, 0.6) is 17.2 Å². The summed E-state index contributed by atoms with van der Waals surface area (Å²) in [5.41, 5.74) is 0.579. The van der Waals surface area contributed by atoms with Crippen LogP contribution in [0, 0.1) is 5.82 Å². The van der Waals surface area contributed by atoms with Gasteiger partial charge in [0.15, 0.2) is 16.6 Å². The monoisotopic (exact) mass is 416 g/mol. The fraction of sp³-hybridized carbons (Fsp3) is 0.150. The number of benzene rings is 2. The van der Waals surface area contributed by atoms with E-state index >= 15 is 0 Å². The molecule has 3 rings (SSSR count). The number of amides is 2. The Morgan fingerprint density at radius 2 is 1.55 bits per heavy atom. The number of hydrogen-bond donors (Lipinski definition) is 1. The SMILES string of the molecule is COc1cc(OC)c(OC)cc1/C=C1/C(=O)NC(=S)N(c2ccc(F)cc2)C1=O. The first kappa shape index (κ1) is 20.3. The average Bonchev–Trinajstić information content (AvgIpc) is 2.71. The summed E-state index contributed by atoms with van der Waals surface area (Å²) in [6, 6.07) is 8.35. The fourth-order valence-electron chi connectivity index (χ4n) is 2.80. The number of nitrogens with one attached hydrogen (secondary N) is 1. The molecule has 2 aromatic carbocycles. The Kier molecular flexibility index (Phi) is 5.79. The van der Waals surface area contributed by atoms with E-state index in [0.717, 1.165) is 4.90 Å². The van der Waals surface area contributed by atoms with E-state index in [9.17, 15) is 14.0 Å². The maximum atomic E-state index is 13.2.